The third-order valence-electron chi connectivity index (χ3n) is 15.8. The maximum Gasteiger partial charge on any atom is 0.220 e. The Kier molecular flexibility index (Phi) is 7.99. The molecule has 0 saturated carbocycles. The van der Waals surface area contributed by atoms with Gasteiger partial charge in [-0.2, -0.15) is 5.26 Å². The summed E-state index contributed by atoms with van der Waals surface area (Å²) in [7, 11) is 0. The molecule has 6 aromatic heterocycles. The molecule has 0 saturated heterocycles. The van der Waals surface area contributed by atoms with Crippen LogP contribution in [0.2, 0.25) is 0 Å². The Balaban J connectivity index is 1.20. The van der Waals surface area contributed by atoms with Gasteiger partial charge in [-0.25, -0.2) is 4.85 Å². The molecular weight excluding hydrogens is 937 g/mol. The normalized spacial score (nSPS) is 12.2. The number of nitriles is 1. The number of hydrogen-bond acceptors (Lipinski definition) is 5. The van der Waals surface area contributed by atoms with Crippen molar-refractivity contribution < 1.29 is 17.7 Å². The molecule has 0 aliphatic heterocycles. The summed E-state index contributed by atoms with van der Waals surface area (Å²) in [5.41, 5.74) is 12.9. The van der Waals surface area contributed by atoms with Crippen molar-refractivity contribution in [3.63, 3.8) is 0 Å². The summed E-state index contributed by atoms with van der Waals surface area (Å²) in [6.45, 7) is 9.59. The SMILES string of the molecule is [C-]#[N+]c1c(-c2ccccc2)c(C#N)c(-n2c3c(ccc4c5ccccc5oc43)c3ccc4c5ccccc5oc4c32)c(-c2ccccc2)c1-n1c2c(ccc3c4ccccc4oc32)c2ccc3c4ccccc4oc3c21. The molecule has 0 aliphatic carbocycles. The van der Waals surface area contributed by atoms with E-state index in [9.17, 15) is 11.8 Å². The van der Waals surface area contributed by atoms with Crippen LogP contribution in [-0.4, -0.2) is 9.13 Å². The van der Waals surface area contributed by atoms with Crippen LogP contribution in [0.5, 0.6) is 0 Å². The molecule has 0 amide bonds. The number of furan rings is 4. The number of rotatable bonds is 4. The van der Waals surface area contributed by atoms with Crippen LogP contribution in [0.25, 0.3) is 170 Å². The van der Waals surface area contributed by atoms with Crippen LogP contribution in [0.15, 0.2) is 224 Å². The molecule has 6 heterocycles. The predicted molar refractivity (Wildman–Crippen MR) is 306 cm³/mol. The zero-order valence-corrected chi connectivity index (χ0v) is 40.1. The molecule has 0 bridgehead atoms. The van der Waals surface area contributed by atoms with Crippen molar-refractivity contribution in [1.82, 2.24) is 9.13 Å². The molecule has 0 aliphatic rings. The second kappa shape index (κ2) is 14.9. The van der Waals surface area contributed by atoms with Crippen LogP contribution >= 0.6 is 0 Å². The second-order valence-corrected chi connectivity index (χ2v) is 19.5. The van der Waals surface area contributed by atoms with Crippen molar-refractivity contribution in [3.8, 4) is 39.7 Å². The van der Waals surface area contributed by atoms with Gasteiger partial charge in [-0.05, 0) is 59.7 Å². The fourth-order valence-corrected chi connectivity index (χ4v) is 12.7. The highest BCUT2D eigenvalue weighted by molar-refractivity contribution is 6.30. The lowest BCUT2D eigenvalue weighted by molar-refractivity contribution is 0.668. The summed E-state index contributed by atoms with van der Waals surface area (Å²) in [6, 6.07) is 72.4. The van der Waals surface area contributed by atoms with E-state index in [0.29, 0.717) is 56.0 Å². The average Bonchev–Trinajstić information content (AvgIpc) is 4.41. The zero-order valence-electron chi connectivity index (χ0n) is 40.1. The summed E-state index contributed by atoms with van der Waals surface area (Å²) >= 11 is 0. The smallest absolute Gasteiger partial charge is 0.220 e. The van der Waals surface area contributed by atoms with Crippen molar-refractivity contribution in [1.29, 1.82) is 5.26 Å². The maximum atomic E-state index is 12.3. The van der Waals surface area contributed by atoms with Gasteiger partial charge in [0.1, 0.15) is 28.4 Å². The molecule has 0 unspecified atom stereocenters. The Morgan fingerprint density at radius 1 is 0.329 bits per heavy atom. The molecule has 0 fully saturated rings. The van der Waals surface area contributed by atoms with E-state index in [2.05, 4.69) is 105 Å². The van der Waals surface area contributed by atoms with E-state index in [0.717, 1.165) is 115 Å². The predicted octanol–water partition coefficient (Wildman–Crippen LogP) is 19.2. The Morgan fingerprint density at radius 2 is 0.632 bits per heavy atom. The fraction of sp³-hybridized carbons (Fsp3) is 0. The highest BCUT2D eigenvalue weighted by atomic mass is 16.3. The van der Waals surface area contributed by atoms with E-state index in [-0.39, 0.29) is 5.69 Å². The van der Waals surface area contributed by atoms with Crippen molar-refractivity contribution in [2.24, 2.45) is 0 Å². The lowest BCUT2D eigenvalue weighted by Crippen LogP contribution is -2.09. The van der Waals surface area contributed by atoms with Crippen molar-refractivity contribution in [3.05, 3.63) is 223 Å². The average molecular weight is 971 g/mol. The first-order valence-electron chi connectivity index (χ1n) is 25.2. The lowest BCUT2D eigenvalue weighted by Gasteiger charge is -2.25. The monoisotopic (exact) mass is 970 g/mol. The molecule has 0 spiro atoms. The van der Waals surface area contributed by atoms with Crippen molar-refractivity contribution in [2.45, 2.75) is 0 Å². The number of hydrogen-bond donors (Lipinski definition) is 0. The van der Waals surface area contributed by atoms with Crippen LogP contribution in [-0.2, 0) is 0 Å². The van der Waals surface area contributed by atoms with Gasteiger partial charge in [0.05, 0.1) is 45.6 Å². The maximum absolute atomic E-state index is 12.3. The van der Waals surface area contributed by atoms with E-state index in [1.54, 1.807) is 0 Å². The van der Waals surface area contributed by atoms with Gasteiger partial charge in [0.25, 0.3) is 0 Å². The first-order chi connectivity index (χ1) is 37.7. The Morgan fingerprint density at radius 3 is 0.974 bits per heavy atom. The number of nitrogens with zero attached hydrogens (tertiary/aromatic N) is 4. The van der Waals surface area contributed by atoms with Crippen LogP contribution in [0.3, 0.4) is 0 Å². The number of aromatic nitrogens is 2. The first-order valence-corrected chi connectivity index (χ1v) is 25.2. The molecule has 350 valence electrons. The quantitative estimate of drug-likeness (QED) is 0.164. The minimum absolute atomic E-state index is 0.286. The van der Waals surface area contributed by atoms with Gasteiger partial charge in [0.2, 0.25) is 5.69 Å². The van der Waals surface area contributed by atoms with Gasteiger partial charge in [0.15, 0.2) is 22.3 Å². The third kappa shape index (κ3) is 5.18. The summed E-state index contributed by atoms with van der Waals surface area (Å²) in [4.78, 5) is 4.63. The highest BCUT2D eigenvalue weighted by Gasteiger charge is 2.35. The van der Waals surface area contributed by atoms with Crippen LogP contribution in [0.1, 0.15) is 5.56 Å². The van der Waals surface area contributed by atoms with Crippen molar-refractivity contribution >= 4 is 137 Å². The summed E-state index contributed by atoms with van der Waals surface area (Å²) in [5, 5.41) is 23.6. The molecule has 76 heavy (non-hydrogen) atoms. The van der Waals surface area contributed by atoms with Crippen LogP contribution in [0, 0.1) is 17.9 Å². The standard InChI is InChI=1S/C68H34N4O4/c1-70-58-56(37-16-4-2-5-17-37)51(36-69)59(71-60-43(28-32-47-39-20-8-12-24-52(39)73-65(47)60)44-29-33-48-40-21-9-13-25-53(40)74-66(48)61(44)71)57(38-18-6-3-7-19-38)64(58)72-62-45(30-34-49-41-22-10-14-26-54(41)75-67(49)62)46-31-35-50-42-23-11-15-27-55(42)76-68(50)63(46)72/h2-35H. The van der Waals surface area contributed by atoms with E-state index in [1.807, 2.05) is 121 Å². The van der Waals surface area contributed by atoms with Gasteiger partial charge in [0, 0.05) is 75.8 Å². The lowest BCUT2D eigenvalue weighted by atomic mass is 9.88. The Bertz CT molecular complexity index is 4940. The Hall–Kier alpha value is -10.8. The van der Waals surface area contributed by atoms with E-state index >= 15 is 0 Å². The molecule has 8 nitrogen and oxygen atoms in total. The zero-order chi connectivity index (χ0) is 49.9. The topological polar surface area (TPSA) is 90.6 Å². The number of fused-ring (bicyclic) bond motifs is 22. The van der Waals surface area contributed by atoms with E-state index in [1.165, 1.54) is 0 Å². The summed E-state index contributed by atoms with van der Waals surface area (Å²) in [6.07, 6.45) is 0. The van der Waals surface area contributed by atoms with E-state index in [4.69, 9.17) is 17.7 Å². The number of para-hydroxylation sites is 4. The minimum atomic E-state index is 0.286. The van der Waals surface area contributed by atoms with Crippen LogP contribution < -0.4 is 0 Å². The molecule has 17 rings (SSSR count). The van der Waals surface area contributed by atoms with Crippen molar-refractivity contribution in [2.75, 3.05) is 0 Å². The van der Waals surface area contributed by atoms with Gasteiger partial charge in [-0.1, -0.05) is 158 Å². The second-order valence-electron chi connectivity index (χ2n) is 19.5. The highest BCUT2D eigenvalue weighted by Crippen LogP contribution is 2.55. The van der Waals surface area contributed by atoms with Gasteiger partial charge in [-0.3, -0.25) is 0 Å². The van der Waals surface area contributed by atoms with Gasteiger partial charge < -0.3 is 26.8 Å². The molecule has 0 radical (unpaired) electrons. The molecule has 0 N–H and O–H groups in total. The molecule has 11 aromatic carbocycles. The third-order valence-corrected chi connectivity index (χ3v) is 15.8. The minimum Gasteiger partial charge on any atom is -0.454 e. The summed E-state index contributed by atoms with van der Waals surface area (Å²) < 4.78 is 32.7. The first kappa shape index (κ1) is 40.8. The number of benzene rings is 11. The molecule has 17 aromatic rings. The van der Waals surface area contributed by atoms with Gasteiger partial charge in [-0.15, -0.1) is 0 Å². The molecule has 0 atom stereocenters. The largest absolute Gasteiger partial charge is 0.454 e. The molecular formula is C68H34N4O4. The Labute approximate surface area is 430 Å². The van der Waals surface area contributed by atoms with Crippen LogP contribution in [0.4, 0.5) is 5.69 Å². The summed E-state index contributed by atoms with van der Waals surface area (Å²) in [5.74, 6) is 0. The molecule has 8 heteroatoms. The van der Waals surface area contributed by atoms with Gasteiger partial charge >= 0.3 is 0 Å². The fourth-order valence-electron chi connectivity index (χ4n) is 12.7. The van der Waals surface area contributed by atoms with E-state index < -0.39 is 0 Å².